The van der Waals surface area contributed by atoms with E-state index in [2.05, 4.69) is 52.9 Å². The summed E-state index contributed by atoms with van der Waals surface area (Å²) in [6.07, 6.45) is 1.21. The summed E-state index contributed by atoms with van der Waals surface area (Å²) in [5.74, 6) is 3.37. The Morgan fingerprint density at radius 3 is 3.05 bits per heavy atom. The molecule has 1 aromatic heterocycles. The van der Waals surface area contributed by atoms with Crippen molar-refractivity contribution in [1.29, 1.82) is 0 Å². The van der Waals surface area contributed by atoms with Crippen molar-refractivity contribution in [2.24, 2.45) is 4.99 Å². The maximum absolute atomic E-state index is 5.36. The van der Waals surface area contributed by atoms with Crippen LogP contribution in [0.15, 0.2) is 15.6 Å². The lowest BCUT2D eigenvalue weighted by Crippen LogP contribution is -2.47. The highest BCUT2D eigenvalue weighted by Crippen LogP contribution is 2.21. The highest BCUT2D eigenvalue weighted by molar-refractivity contribution is 8.00. The lowest BCUT2D eigenvalue weighted by Gasteiger charge is -2.34. The molecule has 2 rings (SSSR count). The molecule has 118 valence electrons. The minimum absolute atomic E-state index is 0.395. The van der Waals surface area contributed by atoms with Crippen LogP contribution in [-0.4, -0.2) is 47.2 Å². The van der Waals surface area contributed by atoms with E-state index < -0.39 is 0 Å². The lowest BCUT2D eigenvalue weighted by atomic mass is 10.1. The van der Waals surface area contributed by atoms with Gasteiger partial charge in [0.25, 0.3) is 0 Å². The first kappa shape index (κ1) is 16.2. The van der Waals surface area contributed by atoms with E-state index in [0.717, 1.165) is 30.5 Å². The molecule has 0 amide bonds. The first-order valence-electron chi connectivity index (χ1n) is 7.66. The zero-order valence-corrected chi connectivity index (χ0v) is 14.2. The van der Waals surface area contributed by atoms with Gasteiger partial charge in [-0.05, 0) is 12.3 Å². The summed E-state index contributed by atoms with van der Waals surface area (Å²) >= 11 is 2.06. The number of nitrogens with one attached hydrogen (secondary N) is 1. The Hall–Kier alpha value is -1.17. The van der Waals surface area contributed by atoms with Crippen LogP contribution >= 0.6 is 11.8 Å². The molecular formula is C15H26N4OS. The standard InChI is InChI=1S/C15H26N4OS/c1-5-13-10-19(6-7-21-13)15(16-4)17-9-12-8-14(11(2)3)18-20-12/h8,11,13H,5-7,9-10H2,1-4H3,(H,16,17). The largest absolute Gasteiger partial charge is 0.359 e. The lowest BCUT2D eigenvalue weighted by molar-refractivity contribution is 0.364. The van der Waals surface area contributed by atoms with Gasteiger partial charge in [-0.15, -0.1) is 0 Å². The van der Waals surface area contributed by atoms with Crippen molar-refractivity contribution in [3.63, 3.8) is 0 Å². The van der Waals surface area contributed by atoms with Crippen molar-refractivity contribution in [2.75, 3.05) is 25.9 Å². The van der Waals surface area contributed by atoms with Gasteiger partial charge in [0.2, 0.25) is 0 Å². The molecule has 1 atom stereocenters. The molecule has 0 radical (unpaired) electrons. The summed E-state index contributed by atoms with van der Waals surface area (Å²) in [6.45, 7) is 9.23. The summed E-state index contributed by atoms with van der Waals surface area (Å²) in [5.41, 5.74) is 1.00. The van der Waals surface area contributed by atoms with Gasteiger partial charge in [-0.2, -0.15) is 11.8 Å². The molecule has 1 fully saturated rings. The zero-order valence-electron chi connectivity index (χ0n) is 13.4. The molecule has 5 nitrogen and oxygen atoms in total. The van der Waals surface area contributed by atoms with Crippen LogP contribution in [0.25, 0.3) is 0 Å². The molecule has 1 aliphatic rings. The van der Waals surface area contributed by atoms with Gasteiger partial charge in [0, 0.05) is 37.2 Å². The summed E-state index contributed by atoms with van der Waals surface area (Å²) in [6, 6.07) is 2.02. The Balaban J connectivity index is 1.90. The first-order chi connectivity index (χ1) is 10.1. The highest BCUT2D eigenvalue weighted by Gasteiger charge is 2.21. The molecule has 0 spiro atoms. The quantitative estimate of drug-likeness (QED) is 0.684. The molecule has 0 bridgehead atoms. The molecule has 0 aromatic carbocycles. The second-order valence-electron chi connectivity index (χ2n) is 5.62. The van der Waals surface area contributed by atoms with E-state index in [-0.39, 0.29) is 0 Å². The van der Waals surface area contributed by atoms with Crippen molar-refractivity contribution in [3.8, 4) is 0 Å². The van der Waals surface area contributed by atoms with Crippen molar-refractivity contribution < 1.29 is 4.52 Å². The van der Waals surface area contributed by atoms with E-state index in [1.54, 1.807) is 0 Å². The van der Waals surface area contributed by atoms with Crippen molar-refractivity contribution in [1.82, 2.24) is 15.4 Å². The fourth-order valence-electron chi connectivity index (χ4n) is 2.34. The third-order valence-corrected chi connectivity index (χ3v) is 5.07. The molecule has 6 heteroatoms. The third kappa shape index (κ3) is 4.40. The second kappa shape index (κ2) is 7.73. The van der Waals surface area contributed by atoms with E-state index in [1.807, 2.05) is 13.1 Å². The third-order valence-electron chi connectivity index (χ3n) is 3.69. The van der Waals surface area contributed by atoms with Crippen LogP contribution in [0.4, 0.5) is 0 Å². The molecular weight excluding hydrogens is 284 g/mol. The molecule has 1 N–H and O–H groups in total. The Morgan fingerprint density at radius 2 is 2.43 bits per heavy atom. The average Bonchev–Trinajstić information content (AvgIpc) is 2.97. The Labute approximate surface area is 131 Å². The number of thioether (sulfide) groups is 1. The van der Waals surface area contributed by atoms with E-state index in [0.29, 0.717) is 17.7 Å². The molecule has 1 unspecified atom stereocenters. The summed E-state index contributed by atoms with van der Waals surface area (Å²) in [4.78, 5) is 6.74. The Bertz CT molecular complexity index is 472. The number of aromatic nitrogens is 1. The number of hydrogen-bond donors (Lipinski definition) is 1. The van der Waals surface area contributed by atoms with Gasteiger partial charge >= 0.3 is 0 Å². The second-order valence-corrected chi connectivity index (χ2v) is 7.03. The Kier molecular flexibility index (Phi) is 5.96. The van der Waals surface area contributed by atoms with Gasteiger partial charge in [-0.1, -0.05) is 25.9 Å². The predicted octanol–water partition coefficient (Wildman–Crippen LogP) is 2.70. The van der Waals surface area contributed by atoms with Gasteiger partial charge in [0.05, 0.1) is 12.2 Å². The molecule has 0 saturated carbocycles. The number of guanidine groups is 1. The maximum atomic E-state index is 5.36. The van der Waals surface area contributed by atoms with Gasteiger partial charge in [-0.25, -0.2) is 0 Å². The molecule has 2 heterocycles. The number of rotatable bonds is 4. The monoisotopic (exact) mass is 310 g/mol. The molecule has 1 aliphatic heterocycles. The first-order valence-corrected chi connectivity index (χ1v) is 8.71. The molecule has 1 saturated heterocycles. The topological polar surface area (TPSA) is 53.7 Å². The number of hydrogen-bond acceptors (Lipinski definition) is 4. The van der Waals surface area contributed by atoms with Crippen molar-refractivity contribution in [3.05, 3.63) is 17.5 Å². The number of aliphatic imine (C=N–C) groups is 1. The van der Waals surface area contributed by atoms with Crippen LogP contribution in [0.5, 0.6) is 0 Å². The van der Waals surface area contributed by atoms with E-state index in [9.17, 15) is 0 Å². The smallest absolute Gasteiger partial charge is 0.194 e. The van der Waals surface area contributed by atoms with Crippen LogP contribution in [0.3, 0.4) is 0 Å². The van der Waals surface area contributed by atoms with Crippen LogP contribution in [0.2, 0.25) is 0 Å². The van der Waals surface area contributed by atoms with Crippen molar-refractivity contribution >= 4 is 17.7 Å². The SMILES string of the molecule is CCC1CN(C(=NC)NCc2cc(C(C)C)no2)CCS1. The normalized spacial score (nSPS) is 20.1. The fourth-order valence-corrected chi connectivity index (χ4v) is 3.52. The van der Waals surface area contributed by atoms with Crippen molar-refractivity contribution in [2.45, 2.75) is 44.9 Å². The molecule has 21 heavy (non-hydrogen) atoms. The Morgan fingerprint density at radius 1 is 1.62 bits per heavy atom. The van der Waals surface area contributed by atoms with E-state index >= 15 is 0 Å². The summed E-state index contributed by atoms with van der Waals surface area (Å²) < 4.78 is 5.36. The summed E-state index contributed by atoms with van der Waals surface area (Å²) in [7, 11) is 1.84. The summed E-state index contributed by atoms with van der Waals surface area (Å²) in [5, 5.41) is 8.17. The average molecular weight is 310 g/mol. The van der Waals surface area contributed by atoms with Crippen LogP contribution < -0.4 is 5.32 Å². The maximum Gasteiger partial charge on any atom is 0.194 e. The predicted molar refractivity (Wildman–Crippen MR) is 88.9 cm³/mol. The number of nitrogens with zero attached hydrogens (tertiary/aromatic N) is 3. The van der Waals surface area contributed by atoms with Crippen LogP contribution in [-0.2, 0) is 6.54 Å². The minimum atomic E-state index is 0.395. The molecule has 1 aromatic rings. The van der Waals surface area contributed by atoms with Gasteiger partial charge in [0.1, 0.15) is 0 Å². The molecule has 0 aliphatic carbocycles. The minimum Gasteiger partial charge on any atom is -0.359 e. The fraction of sp³-hybridized carbons (Fsp3) is 0.733. The van der Waals surface area contributed by atoms with Crippen LogP contribution in [0, 0.1) is 0 Å². The van der Waals surface area contributed by atoms with Crippen LogP contribution in [0.1, 0.15) is 44.6 Å². The zero-order chi connectivity index (χ0) is 15.2. The van der Waals surface area contributed by atoms with E-state index in [4.69, 9.17) is 4.52 Å². The van der Waals surface area contributed by atoms with E-state index in [1.165, 1.54) is 12.2 Å². The highest BCUT2D eigenvalue weighted by atomic mass is 32.2. The van der Waals surface area contributed by atoms with Gasteiger partial charge in [-0.3, -0.25) is 4.99 Å². The van der Waals surface area contributed by atoms with Gasteiger partial charge < -0.3 is 14.7 Å². The van der Waals surface area contributed by atoms with Gasteiger partial charge in [0.15, 0.2) is 11.7 Å².